The highest BCUT2D eigenvalue weighted by Crippen LogP contribution is 1.97. The predicted octanol–water partition coefficient (Wildman–Crippen LogP) is 2.07. The summed E-state index contributed by atoms with van der Waals surface area (Å²) in [5.41, 5.74) is 4.60. The fourth-order valence-electron chi connectivity index (χ4n) is 1.48. The summed E-state index contributed by atoms with van der Waals surface area (Å²) in [6.45, 7) is 8.07. The highest BCUT2D eigenvalue weighted by Gasteiger charge is 1.92. The van der Waals surface area contributed by atoms with Gasteiger partial charge in [-0.05, 0) is 39.8 Å². The van der Waals surface area contributed by atoms with Gasteiger partial charge in [0, 0.05) is 25.5 Å². The van der Waals surface area contributed by atoms with Crippen LogP contribution in [0.25, 0.3) is 0 Å². The fourth-order valence-corrected chi connectivity index (χ4v) is 1.48. The summed E-state index contributed by atoms with van der Waals surface area (Å²) in [7, 11) is 3.89. The van der Waals surface area contributed by atoms with E-state index in [0.29, 0.717) is 0 Å². The molecule has 4 heteroatoms. The first-order valence-electron chi connectivity index (χ1n) is 5.34. The molecule has 0 aromatic carbocycles. The van der Waals surface area contributed by atoms with Crippen molar-refractivity contribution >= 4 is 0 Å². The molecule has 0 bridgehead atoms. The van der Waals surface area contributed by atoms with Crippen molar-refractivity contribution in [3.63, 3.8) is 0 Å². The van der Waals surface area contributed by atoms with Gasteiger partial charge in [-0.25, -0.2) is 0 Å². The molecule has 16 heavy (non-hydrogen) atoms. The largest absolute Gasteiger partial charge is 0.273 e. The van der Waals surface area contributed by atoms with Crippen LogP contribution in [0.1, 0.15) is 22.8 Å². The maximum Gasteiger partial charge on any atom is 0.0596 e. The second-order valence-corrected chi connectivity index (χ2v) is 4.10. The van der Waals surface area contributed by atoms with Crippen LogP contribution >= 0.6 is 0 Å². The van der Waals surface area contributed by atoms with Crippen molar-refractivity contribution in [3.05, 3.63) is 34.9 Å². The van der Waals surface area contributed by atoms with Crippen molar-refractivity contribution in [1.29, 1.82) is 0 Å². The number of hydrogen-bond donors (Lipinski definition) is 0. The van der Waals surface area contributed by atoms with Crippen LogP contribution in [0.5, 0.6) is 0 Å². The maximum atomic E-state index is 4.13. The molecular formula is C12H20N4. The van der Waals surface area contributed by atoms with Gasteiger partial charge < -0.3 is 0 Å². The van der Waals surface area contributed by atoms with E-state index in [0.717, 1.165) is 11.4 Å². The Hall–Kier alpha value is -1.58. The SMILES string of the molecule is Cc1cc(C)n(C)n1.Cc1cc(C)n(C)n1. The van der Waals surface area contributed by atoms with Gasteiger partial charge in [0.15, 0.2) is 0 Å². The molecule has 0 N–H and O–H groups in total. The first-order valence-corrected chi connectivity index (χ1v) is 5.34. The zero-order valence-electron chi connectivity index (χ0n) is 10.9. The van der Waals surface area contributed by atoms with E-state index in [2.05, 4.69) is 22.3 Å². The minimum atomic E-state index is 1.09. The minimum absolute atomic E-state index is 1.09. The topological polar surface area (TPSA) is 35.6 Å². The predicted molar refractivity (Wildman–Crippen MR) is 65.4 cm³/mol. The van der Waals surface area contributed by atoms with Gasteiger partial charge >= 0.3 is 0 Å². The van der Waals surface area contributed by atoms with Gasteiger partial charge in [0.05, 0.1) is 11.4 Å². The molecule has 0 amide bonds. The highest BCUT2D eigenvalue weighted by atomic mass is 15.3. The van der Waals surface area contributed by atoms with E-state index in [-0.39, 0.29) is 0 Å². The van der Waals surface area contributed by atoms with E-state index >= 15 is 0 Å². The molecule has 2 aromatic heterocycles. The number of rotatable bonds is 0. The smallest absolute Gasteiger partial charge is 0.0596 e. The summed E-state index contributed by atoms with van der Waals surface area (Å²) >= 11 is 0. The number of hydrogen-bond acceptors (Lipinski definition) is 2. The molecule has 0 unspecified atom stereocenters. The molecular weight excluding hydrogens is 200 g/mol. The van der Waals surface area contributed by atoms with Crippen molar-refractivity contribution in [2.24, 2.45) is 14.1 Å². The van der Waals surface area contributed by atoms with Gasteiger partial charge in [-0.15, -0.1) is 0 Å². The van der Waals surface area contributed by atoms with E-state index in [1.165, 1.54) is 11.4 Å². The normalized spacial score (nSPS) is 9.88. The molecule has 2 aromatic rings. The third-order valence-electron chi connectivity index (χ3n) is 2.47. The molecule has 0 atom stereocenters. The molecule has 88 valence electrons. The average molecular weight is 220 g/mol. The molecule has 0 radical (unpaired) electrons. The molecule has 0 aliphatic rings. The molecule has 0 aliphatic heterocycles. The first kappa shape index (κ1) is 12.5. The Morgan fingerprint density at radius 1 is 0.750 bits per heavy atom. The van der Waals surface area contributed by atoms with Crippen molar-refractivity contribution < 1.29 is 0 Å². The van der Waals surface area contributed by atoms with Crippen molar-refractivity contribution in [2.45, 2.75) is 27.7 Å². The lowest BCUT2D eigenvalue weighted by molar-refractivity contribution is 0.731. The average Bonchev–Trinajstić information content (AvgIpc) is 2.58. The van der Waals surface area contributed by atoms with Crippen molar-refractivity contribution in [2.75, 3.05) is 0 Å². The Kier molecular flexibility index (Phi) is 3.88. The molecule has 0 aliphatic carbocycles. The summed E-state index contributed by atoms with van der Waals surface area (Å²) < 4.78 is 3.74. The Labute approximate surface area is 96.9 Å². The lowest BCUT2D eigenvalue weighted by atomic mass is 10.4. The van der Waals surface area contributed by atoms with Crippen LogP contribution < -0.4 is 0 Å². The van der Waals surface area contributed by atoms with Crippen LogP contribution in [0.3, 0.4) is 0 Å². The van der Waals surface area contributed by atoms with Crippen LogP contribution in [0.4, 0.5) is 0 Å². The third kappa shape index (κ3) is 3.22. The van der Waals surface area contributed by atoms with Crippen LogP contribution in [0.15, 0.2) is 12.1 Å². The quantitative estimate of drug-likeness (QED) is 0.681. The molecule has 2 rings (SSSR count). The molecule has 4 nitrogen and oxygen atoms in total. The lowest BCUT2D eigenvalue weighted by Crippen LogP contribution is -1.91. The second-order valence-electron chi connectivity index (χ2n) is 4.10. The van der Waals surface area contributed by atoms with Gasteiger partial charge in [0.1, 0.15) is 0 Å². The van der Waals surface area contributed by atoms with Crippen LogP contribution in [0, 0.1) is 27.7 Å². The number of nitrogens with zero attached hydrogens (tertiary/aromatic N) is 4. The Bertz CT molecular complexity index is 382. The zero-order valence-corrected chi connectivity index (χ0v) is 10.9. The second kappa shape index (κ2) is 4.96. The zero-order chi connectivity index (χ0) is 12.3. The van der Waals surface area contributed by atoms with E-state index in [1.807, 2.05) is 51.2 Å². The molecule has 0 saturated carbocycles. The van der Waals surface area contributed by atoms with Crippen LogP contribution in [-0.2, 0) is 14.1 Å². The molecule has 0 saturated heterocycles. The minimum Gasteiger partial charge on any atom is -0.273 e. The Morgan fingerprint density at radius 3 is 1.12 bits per heavy atom. The summed E-state index contributed by atoms with van der Waals surface area (Å²) in [5.74, 6) is 0. The van der Waals surface area contributed by atoms with Gasteiger partial charge in [-0.2, -0.15) is 10.2 Å². The lowest BCUT2D eigenvalue weighted by Gasteiger charge is -1.87. The van der Waals surface area contributed by atoms with E-state index in [9.17, 15) is 0 Å². The van der Waals surface area contributed by atoms with Gasteiger partial charge in [-0.3, -0.25) is 9.36 Å². The summed E-state index contributed by atoms with van der Waals surface area (Å²) in [5, 5.41) is 8.25. The Balaban J connectivity index is 0.000000160. The summed E-state index contributed by atoms with van der Waals surface area (Å²) in [6, 6.07) is 4.11. The molecule has 2 heterocycles. The van der Waals surface area contributed by atoms with Gasteiger partial charge in [0.25, 0.3) is 0 Å². The van der Waals surface area contributed by atoms with E-state index < -0.39 is 0 Å². The standard InChI is InChI=1S/2C6H10N2/c2*1-5-4-6(2)8(3)7-5/h2*4H,1-3H3. The Morgan fingerprint density at radius 2 is 1.06 bits per heavy atom. The first-order chi connectivity index (χ1) is 7.40. The monoisotopic (exact) mass is 220 g/mol. The van der Waals surface area contributed by atoms with Crippen LogP contribution in [-0.4, -0.2) is 19.6 Å². The van der Waals surface area contributed by atoms with Gasteiger partial charge in [0.2, 0.25) is 0 Å². The fraction of sp³-hybridized carbons (Fsp3) is 0.500. The van der Waals surface area contributed by atoms with E-state index in [1.54, 1.807) is 0 Å². The van der Waals surface area contributed by atoms with Crippen molar-refractivity contribution in [3.8, 4) is 0 Å². The van der Waals surface area contributed by atoms with Crippen LogP contribution in [0.2, 0.25) is 0 Å². The summed E-state index contributed by atoms with van der Waals surface area (Å²) in [6.07, 6.45) is 0. The van der Waals surface area contributed by atoms with Crippen molar-refractivity contribution in [1.82, 2.24) is 19.6 Å². The van der Waals surface area contributed by atoms with E-state index in [4.69, 9.17) is 0 Å². The highest BCUT2D eigenvalue weighted by molar-refractivity contribution is 5.06. The third-order valence-corrected chi connectivity index (χ3v) is 2.47. The number of aromatic nitrogens is 4. The van der Waals surface area contributed by atoms with Gasteiger partial charge in [-0.1, -0.05) is 0 Å². The number of aryl methyl sites for hydroxylation is 6. The molecule has 0 spiro atoms. The maximum absolute atomic E-state index is 4.13. The molecule has 0 fully saturated rings. The summed E-state index contributed by atoms with van der Waals surface area (Å²) in [4.78, 5) is 0.